The topological polar surface area (TPSA) is 0 Å². The van der Waals surface area contributed by atoms with E-state index >= 15 is 0 Å². The molecule has 1 atom stereocenters. The first kappa shape index (κ1) is 15.2. The highest BCUT2D eigenvalue weighted by Crippen LogP contribution is 2.36. The van der Waals surface area contributed by atoms with Gasteiger partial charge < -0.3 is 0 Å². The summed E-state index contributed by atoms with van der Waals surface area (Å²) in [6.07, 6.45) is 8.16. The van der Waals surface area contributed by atoms with Crippen LogP contribution in [0.5, 0.6) is 0 Å². The van der Waals surface area contributed by atoms with E-state index in [0.29, 0.717) is 0 Å². The highest BCUT2D eigenvalue weighted by molar-refractivity contribution is 6.70. The van der Waals surface area contributed by atoms with E-state index < -0.39 is 3.79 Å². The zero-order chi connectivity index (χ0) is 11.0. The first-order valence-electron chi connectivity index (χ1n) is 5.19. The van der Waals surface area contributed by atoms with Crippen LogP contribution in [0.1, 0.15) is 51.9 Å². The van der Waals surface area contributed by atoms with Gasteiger partial charge in [-0.25, -0.2) is 0 Å². The molecule has 0 aromatic rings. The second-order valence-corrected chi connectivity index (χ2v) is 6.46. The van der Waals surface area contributed by atoms with Crippen molar-refractivity contribution in [3.63, 3.8) is 0 Å². The zero-order valence-electron chi connectivity index (χ0n) is 8.54. The van der Waals surface area contributed by atoms with Gasteiger partial charge in [-0.05, 0) is 6.42 Å². The van der Waals surface area contributed by atoms with Crippen molar-refractivity contribution in [1.29, 1.82) is 0 Å². The molecule has 0 heterocycles. The lowest BCUT2D eigenvalue weighted by atomic mass is 10.1. The minimum Gasteiger partial charge on any atom is -0.118 e. The van der Waals surface area contributed by atoms with Gasteiger partial charge in [-0.15, -0.1) is 11.6 Å². The van der Waals surface area contributed by atoms with Crippen LogP contribution in [-0.4, -0.2) is 9.17 Å². The quantitative estimate of drug-likeness (QED) is 0.413. The Morgan fingerprint density at radius 3 is 1.93 bits per heavy atom. The van der Waals surface area contributed by atoms with E-state index in [0.717, 1.165) is 12.8 Å². The van der Waals surface area contributed by atoms with Crippen molar-refractivity contribution >= 4 is 46.4 Å². The van der Waals surface area contributed by atoms with Gasteiger partial charge in [0.1, 0.15) is 0 Å². The summed E-state index contributed by atoms with van der Waals surface area (Å²) in [7, 11) is 0. The lowest BCUT2D eigenvalue weighted by Gasteiger charge is -2.17. The first-order valence-corrected chi connectivity index (χ1v) is 6.76. The van der Waals surface area contributed by atoms with Gasteiger partial charge in [-0.1, -0.05) is 80.3 Å². The molecule has 1 unspecified atom stereocenters. The summed E-state index contributed by atoms with van der Waals surface area (Å²) in [5, 5.41) is -0.362. The third-order valence-corrected chi connectivity index (χ3v) is 3.84. The Bertz CT molecular complexity index is 131. The van der Waals surface area contributed by atoms with E-state index in [4.69, 9.17) is 46.4 Å². The maximum atomic E-state index is 5.90. The molecular formula is C10H18Cl4. The van der Waals surface area contributed by atoms with Crippen molar-refractivity contribution in [3.05, 3.63) is 0 Å². The van der Waals surface area contributed by atoms with Gasteiger partial charge in [0, 0.05) is 0 Å². The molecule has 4 heteroatoms. The molecule has 0 fully saturated rings. The number of hydrogen-bond acceptors (Lipinski definition) is 0. The molecule has 86 valence electrons. The number of alkyl halides is 4. The molecule has 0 nitrogen and oxygen atoms in total. The Hall–Kier alpha value is 1.16. The molecule has 0 aliphatic rings. The fraction of sp³-hybridized carbons (Fsp3) is 1.00. The molecule has 0 aromatic heterocycles. The fourth-order valence-electron chi connectivity index (χ4n) is 1.27. The van der Waals surface area contributed by atoms with Crippen LogP contribution in [0, 0.1) is 0 Å². The van der Waals surface area contributed by atoms with Crippen LogP contribution in [-0.2, 0) is 0 Å². The summed E-state index contributed by atoms with van der Waals surface area (Å²) >= 11 is 22.8. The van der Waals surface area contributed by atoms with Crippen LogP contribution in [0.4, 0.5) is 0 Å². The maximum absolute atomic E-state index is 5.90. The largest absolute Gasteiger partial charge is 0.206 e. The molecule has 14 heavy (non-hydrogen) atoms. The minimum atomic E-state index is -1.31. The van der Waals surface area contributed by atoms with Crippen LogP contribution in [0.3, 0.4) is 0 Å². The summed E-state index contributed by atoms with van der Waals surface area (Å²) in [4.78, 5) is 0. The van der Waals surface area contributed by atoms with Crippen LogP contribution >= 0.6 is 46.4 Å². The van der Waals surface area contributed by atoms with Gasteiger partial charge >= 0.3 is 0 Å². The average Bonchev–Trinajstić information content (AvgIpc) is 2.09. The van der Waals surface area contributed by atoms with Crippen LogP contribution < -0.4 is 0 Å². The van der Waals surface area contributed by atoms with E-state index in [-0.39, 0.29) is 5.38 Å². The number of unbranched alkanes of at least 4 members (excludes halogenated alkanes) is 5. The predicted octanol–water partition coefficient (Wildman–Crippen LogP) is 5.71. The van der Waals surface area contributed by atoms with Crippen molar-refractivity contribution in [2.45, 2.75) is 61.0 Å². The molecule has 0 rings (SSSR count). The average molecular weight is 280 g/mol. The lowest BCUT2D eigenvalue weighted by molar-refractivity contribution is 0.581. The molecule has 0 saturated carbocycles. The lowest BCUT2D eigenvalue weighted by Crippen LogP contribution is -2.18. The second kappa shape index (κ2) is 8.33. The molecule has 0 amide bonds. The zero-order valence-corrected chi connectivity index (χ0v) is 11.6. The Kier molecular flexibility index (Phi) is 9.02. The van der Waals surface area contributed by atoms with Crippen molar-refractivity contribution in [3.8, 4) is 0 Å². The van der Waals surface area contributed by atoms with Crippen molar-refractivity contribution in [2.75, 3.05) is 0 Å². The SMILES string of the molecule is CCCCCCCCC(Cl)C(Cl)(Cl)Cl. The van der Waals surface area contributed by atoms with Gasteiger partial charge in [-0.3, -0.25) is 0 Å². The van der Waals surface area contributed by atoms with Gasteiger partial charge in [0.25, 0.3) is 0 Å². The van der Waals surface area contributed by atoms with Gasteiger partial charge in [-0.2, -0.15) is 0 Å². The Balaban J connectivity index is 3.28. The molecule has 0 radical (unpaired) electrons. The smallest absolute Gasteiger partial charge is 0.118 e. The summed E-state index contributed by atoms with van der Waals surface area (Å²) in [6, 6.07) is 0. The molecule has 0 N–H and O–H groups in total. The monoisotopic (exact) mass is 278 g/mol. The molecule has 0 aliphatic heterocycles. The van der Waals surface area contributed by atoms with E-state index in [9.17, 15) is 0 Å². The summed E-state index contributed by atoms with van der Waals surface area (Å²) in [5.74, 6) is 0. The Labute approximate surface area is 107 Å². The van der Waals surface area contributed by atoms with Gasteiger partial charge in [0.2, 0.25) is 3.79 Å². The van der Waals surface area contributed by atoms with Crippen LogP contribution in [0.25, 0.3) is 0 Å². The second-order valence-electron chi connectivity index (χ2n) is 3.57. The highest BCUT2D eigenvalue weighted by Gasteiger charge is 2.29. The maximum Gasteiger partial charge on any atom is 0.206 e. The summed E-state index contributed by atoms with van der Waals surface area (Å²) < 4.78 is -1.31. The third kappa shape index (κ3) is 8.47. The Morgan fingerprint density at radius 2 is 1.43 bits per heavy atom. The van der Waals surface area contributed by atoms with E-state index in [1.165, 1.54) is 32.1 Å². The third-order valence-electron chi connectivity index (χ3n) is 2.17. The molecule has 0 saturated heterocycles. The molecule has 0 spiro atoms. The fourth-order valence-corrected chi connectivity index (χ4v) is 1.75. The standard InChI is InChI=1S/C10H18Cl4/c1-2-3-4-5-6-7-8-9(11)10(12,13)14/h9H,2-8H2,1H3. The molecular weight excluding hydrogens is 262 g/mol. The minimum absolute atomic E-state index is 0.362. The van der Waals surface area contributed by atoms with Crippen LogP contribution in [0.15, 0.2) is 0 Å². The number of rotatable bonds is 7. The number of halogens is 4. The Morgan fingerprint density at radius 1 is 0.929 bits per heavy atom. The highest BCUT2D eigenvalue weighted by atomic mass is 35.6. The molecule has 0 aromatic carbocycles. The van der Waals surface area contributed by atoms with E-state index in [1.54, 1.807) is 0 Å². The summed E-state index contributed by atoms with van der Waals surface area (Å²) in [6.45, 7) is 2.21. The van der Waals surface area contributed by atoms with Crippen LogP contribution in [0.2, 0.25) is 0 Å². The van der Waals surface area contributed by atoms with Crippen molar-refractivity contribution < 1.29 is 0 Å². The normalized spacial score (nSPS) is 14.4. The first-order chi connectivity index (χ1) is 6.48. The van der Waals surface area contributed by atoms with E-state index in [1.807, 2.05) is 0 Å². The van der Waals surface area contributed by atoms with Crippen molar-refractivity contribution in [2.24, 2.45) is 0 Å². The van der Waals surface area contributed by atoms with E-state index in [2.05, 4.69) is 6.92 Å². The van der Waals surface area contributed by atoms with Gasteiger partial charge in [0.15, 0.2) is 0 Å². The number of hydrogen-bond donors (Lipinski definition) is 0. The van der Waals surface area contributed by atoms with Gasteiger partial charge in [0.05, 0.1) is 5.38 Å². The molecule has 0 aliphatic carbocycles. The predicted molar refractivity (Wildman–Crippen MR) is 67.9 cm³/mol. The molecule has 0 bridgehead atoms. The van der Waals surface area contributed by atoms with Crippen molar-refractivity contribution in [1.82, 2.24) is 0 Å². The summed E-state index contributed by atoms with van der Waals surface area (Å²) in [5.41, 5.74) is 0.